The van der Waals surface area contributed by atoms with Gasteiger partial charge in [-0.15, -0.1) is 0 Å². The Kier molecular flexibility index (Phi) is 4.06. The highest BCUT2D eigenvalue weighted by Gasteiger charge is 2.23. The molecule has 0 radical (unpaired) electrons. The minimum absolute atomic E-state index is 0.500. The van der Waals surface area contributed by atoms with Crippen molar-refractivity contribution in [3.8, 4) is 0 Å². The molecule has 0 atom stereocenters. The third-order valence-corrected chi connectivity index (χ3v) is 4.82. The molecule has 1 saturated carbocycles. The monoisotopic (exact) mass is 273 g/mol. The van der Waals surface area contributed by atoms with E-state index in [1.807, 2.05) is 6.07 Å². The molecule has 0 bridgehead atoms. The van der Waals surface area contributed by atoms with Crippen LogP contribution in [0.2, 0.25) is 0 Å². The van der Waals surface area contributed by atoms with Crippen LogP contribution in [0.25, 0.3) is 0 Å². The number of carboxylic acid groups (broad SMARTS) is 1. The van der Waals surface area contributed by atoms with E-state index in [-0.39, 0.29) is 0 Å². The van der Waals surface area contributed by atoms with Crippen LogP contribution in [0.4, 0.5) is 0 Å². The summed E-state index contributed by atoms with van der Waals surface area (Å²) < 4.78 is 0. The predicted octanol–water partition coefficient (Wildman–Crippen LogP) is 3.32. The van der Waals surface area contributed by atoms with E-state index in [0.29, 0.717) is 5.56 Å². The molecule has 0 unspecified atom stereocenters. The van der Waals surface area contributed by atoms with E-state index in [0.717, 1.165) is 31.0 Å². The Balaban J connectivity index is 1.69. The zero-order chi connectivity index (χ0) is 13.9. The largest absolute Gasteiger partial charge is 0.478 e. The van der Waals surface area contributed by atoms with E-state index in [4.69, 9.17) is 0 Å². The number of rotatable bonds is 3. The topological polar surface area (TPSA) is 40.5 Å². The van der Waals surface area contributed by atoms with Gasteiger partial charge in [0.25, 0.3) is 0 Å². The first-order valence-corrected chi connectivity index (χ1v) is 7.80. The van der Waals surface area contributed by atoms with Crippen LogP contribution in [-0.4, -0.2) is 29.1 Å². The molecule has 1 aliphatic heterocycles. The van der Waals surface area contributed by atoms with Gasteiger partial charge < -0.3 is 5.11 Å². The Bertz CT molecular complexity index is 492. The zero-order valence-electron chi connectivity index (χ0n) is 12.0. The number of carboxylic acids is 1. The maximum absolute atomic E-state index is 11.3. The van der Waals surface area contributed by atoms with Gasteiger partial charge in [-0.25, -0.2) is 4.79 Å². The molecule has 0 aromatic heterocycles. The molecule has 1 fully saturated rings. The SMILES string of the molecule is O=C(O)c1cccc2c1CCN(CC1CCCCC1)C2. The van der Waals surface area contributed by atoms with Gasteiger partial charge in [0.2, 0.25) is 0 Å². The molecular weight excluding hydrogens is 250 g/mol. The Morgan fingerprint density at radius 1 is 1.25 bits per heavy atom. The second-order valence-electron chi connectivity index (χ2n) is 6.24. The van der Waals surface area contributed by atoms with Crippen LogP contribution in [0.3, 0.4) is 0 Å². The van der Waals surface area contributed by atoms with Gasteiger partial charge in [0.05, 0.1) is 5.56 Å². The predicted molar refractivity (Wildman–Crippen MR) is 79.0 cm³/mol. The maximum Gasteiger partial charge on any atom is 0.335 e. The summed E-state index contributed by atoms with van der Waals surface area (Å²) in [4.78, 5) is 13.8. The van der Waals surface area contributed by atoms with Gasteiger partial charge in [-0.05, 0) is 42.4 Å². The molecule has 1 heterocycles. The van der Waals surface area contributed by atoms with E-state index in [2.05, 4.69) is 11.0 Å². The van der Waals surface area contributed by atoms with E-state index >= 15 is 0 Å². The molecule has 0 saturated heterocycles. The van der Waals surface area contributed by atoms with Crippen molar-refractivity contribution >= 4 is 5.97 Å². The average Bonchev–Trinajstić information content (AvgIpc) is 2.47. The Morgan fingerprint density at radius 2 is 2.05 bits per heavy atom. The van der Waals surface area contributed by atoms with Gasteiger partial charge in [-0.1, -0.05) is 31.4 Å². The number of hydrogen-bond acceptors (Lipinski definition) is 2. The first kappa shape index (κ1) is 13.6. The first-order valence-electron chi connectivity index (χ1n) is 7.80. The lowest BCUT2D eigenvalue weighted by molar-refractivity contribution is 0.0694. The van der Waals surface area contributed by atoms with Crippen LogP contribution in [0.15, 0.2) is 18.2 Å². The summed E-state index contributed by atoms with van der Waals surface area (Å²) in [5, 5.41) is 9.25. The van der Waals surface area contributed by atoms with Gasteiger partial charge >= 0.3 is 5.97 Å². The number of nitrogens with zero attached hydrogens (tertiary/aromatic N) is 1. The van der Waals surface area contributed by atoms with Crippen LogP contribution in [-0.2, 0) is 13.0 Å². The second-order valence-corrected chi connectivity index (χ2v) is 6.24. The van der Waals surface area contributed by atoms with Crippen molar-refractivity contribution in [1.82, 2.24) is 4.90 Å². The molecule has 1 N–H and O–H groups in total. The Labute approximate surface area is 120 Å². The standard InChI is InChI=1S/C17H23NO2/c19-17(20)16-8-4-7-14-12-18(10-9-15(14)16)11-13-5-2-1-3-6-13/h4,7-8,13H,1-3,5-6,9-12H2,(H,19,20). The highest BCUT2D eigenvalue weighted by molar-refractivity contribution is 5.89. The normalized spacial score (nSPS) is 20.6. The molecule has 3 nitrogen and oxygen atoms in total. The highest BCUT2D eigenvalue weighted by atomic mass is 16.4. The van der Waals surface area contributed by atoms with Crippen molar-refractivity contribution in [2.24, 2.45) is 5.92 Å². The van der Waals surface area contributed by atoms with Crippen molar-refractivity contribution in [3.05, 3.63) is 34.9 Å². The van der Waals surface area contributed by atoms with Crippen molar-refractivity contribution in [3.63, 3.8) is 0 Å². The lowest BCUT2D eigenvalue weighted by atomic mass is 9.88. The summed E-state index contributed by atoms with van der Waals surface area (Å²) in [7, 11) is 0. The summed E-state index contributed by atoms with van der Waals surface area (Å²) in [5.74, 6) is 0.0653. The summed E-state index contributed by atoms with van der Waals surface area (Å²) in [6.45, 7) is 3.12. The fourth-order valence-corrected chi connectivity index (χ4v) is 3.76. The van der Waals surface area contributed by atoms with E-state index in [1.165, 1.54) is 44.2 Å². The summed E-state index contributed by atoms with van der Waals surface area (Å²) in [6.07, 6.45) is 7.80. The number of aromatic carboxylic acids is 1. The fourth-order valence-electron chi connectivity index (χ4n) is 3.76. The Morgan fingerprint density at radius 3 is 2.80 bits per heavy atom. The van der Waals surface area contributed by atoms with Crippen LogP contribution in [0, 0.1) is 5.92 Å². The molecule has 108 valence electrons. The van der Waals surface area contributed by atoms with Crippen LogP contribution in [0.5, 0.6) is 0 Å². The molecule has 1 aromatic rings. The minimum Gasteiger partial charge on any atom is -0.478 e. The number of benzene rings is 1. The minimum atomic E-state index is -0.789. The number of fused-ring (bicyclic) bond motifs is 1. The molecule has 3 heteroatoms. The van der Waals surface area contributed by atoms with Crippen LogP contribution in [0.1, 0.15) is 53.6 Å². The molecule has 0 spiro atoms. The van der Waals surface area contributed by atoms with Crippen molar-refractivity contribution in [1.29, 1.82) is 0 Å². The maximum atomic E-state index is 11.3. The summed E-state index contributed by atoms with van der Waals surface area (Å²) >= 11 is 0. The molecule has 0 amide bonds. The zero-order valence-corrected chi connectivity index (χ0v) is 12.0. The van der Waals surface area contributed by atoms with E-state index in [1.54, 1.807) is 6.07 Å². The van der Waals surface area contributed by atoms with Crippen LogP contribution < -0.4 is 0 Å². The molecule has 1 aliphatic carbocycles. The van der Waals surface area contributed by atoms with Crippen molar-refractivity contribution < 1.29 is 9.90 Å². The third-order valence-electron chi connectivity index (χ3n) is 4.82. The smallest absolute Gasteiger partial charge is 0.335 e. The highest BCUT2D eigenvalue weighted by Crippen LogP contribution is 2.28. The third kappa shape index (κ3) is 2.88. The molecule has 20 heavy (non-hydrogen) atoms. The number of hydrogen-bond donors (Lipinski definition) is 1. The van der Waals surface area contributed by atoms with Gasteiger partial charge in [0.1, 0.15) is 0 Å². The fraction of sp³-hybridized carbons (Fsp3) is 0.588. The van der Waals surface area contributed by atoms with Gasteiger partial charge in [-0.3, -0.25) is 4.90 Å². The molecule has 1 aromatic carbocycles. The van der Waals surface area contributed by atoms with Gasteiger partial charge in [0, 0.05) is 19.6 Å². The molecule has 2 aliphatic rings. The summed E-state index contributed by atoms with van der Waals surface area (Å²) in [5.41, 5.74) is 2.77. The quantitative estimate of drug-likeness (QED) is 0.918. The van der Waals surface area contributed by atoms with Crippen molar-refractivity contribution in [2.75, 3.05) is 13.1 Å². The average molecular weight is 273 g/mol. The lowest BCUT2D eigenvalue weighted by Crippen LogP contribution is -2.35. The summed E-state index contributed by atoms with van der Waals surface area (Å²) in [6, 6.07) is 5.71. The van der Waals surface area contributed by atoms with Gasteiger partial charge in [0.15, 0.2) is 0 Å². The molecular formula is C17H23NO2. The first-order chi connectivity index (χ1) is 9.74. The lowest BCUT2D eigenvalue weighted by Gasteiger charge is -2.33. The second kappa shape index (κ2) is 5.96. The molecule has 3 rings (SSSR count). The van der Waals surface area contributed by atoms with Crippen molar-refractivity contribution in [2.45, 2.75) is 45.1 Å². The Hall–Kier alpha value is -1.35. The van der Waals surface area contributed by atoms with E-state index < -0.39 is 5.97 Å². The van der Waals surface area contributed by atoms with E-state index in [9.17, 15) is 9.90 Å². The van der Waals surface area contributed by atoms with Gasteiger partial charge in [-0.2, -0.15) is 0 Å². The number of carbonyl (C=O) groups is 1. The van der Waals surface area contributed by atoms with Crippen LogP contribution >= 0.6 is 0 Å².